The fourth-order valence-corrected chi connectivity index (χ4v) is 4.69. The average Bonchev–Trinajstić information content (AvgIpc) is 2.77. The topological polar surface area (TPSA) is 87.6 Å². The van der Waals surface area contributed by atoms with E-state index in [4.69, 9.17) is 0 Å². The lowest BCUT2D eigenvalue weighted by Gasteiger charge is -2.21. The molecule has 0 spiro atoms. The van der Waals surface area contributed by atoms with Crippen molar-refractivity contribution in [3.63, 3.8) is 0 Å². The van der Waals surface area contributed by atoms with E-state index in [9.17, 15) is 26.4 Å². The summed E-state index contributed by atoms with van der Waals surface area (Å²) < 4.78 is 66.1. The average molecular weight is 468 g/mol. The number of anilines is 1. The fourth-order valence-electron chi connectivity index (χ4n) is 3.59. The van der Waals surface area contributed by atoms with Crippen LogP contribution < -0.4 is 10.1 Å². The van der Waals surface area contributed by atoms with Crippen molar-refractivity contribution in [2.75, 3.05) is 4.72 Å². The molecule has 1 fully saturated rings. The number of benzene rings is 2. The van der Waals surface area contributed by atoms with Gasteiger partial charge in [-0.05, 0) is 62.1 Å². The standard InChI is InChI=1S/C22H24F3N3O3S/c1-15(16-7-3-2-4-8-16)26-27-21(29)17-9-5-12-20(13-17)32(30,31)28-19-11-6-10-18(14-19)22(23,24)25/h5-6,9-14,16,28H,2-4,7-8H2,1H3,(H,27,29)/b26-15+. The third-order valence-electron chi connectivity index (χ3n) is 5.38. The molecule has 3 rings (SSSR count). The Labute approximate surface area is 185 Å². The Morgan fingerprint density at radius 3 is 2.41 bits per heavy atom. The highest BCUT2D eigenvalue weighted by Gasteiger charge is 2.30. The van der Waals surface area contributed by atoms with Gasteiger partial charge in [-0.1, -0.05) is 31.4 Å². The van der Waals surface area contributed by atoms with Gasteiger partial charge in [0.05, 0.1) is 10.5 Å². The van der Waals surface area contributed by atoms with Crippen LogP contribution in [0.3, 0.4) is 0 Å². The summed E-state index contributed by atoms with van der Waals surface area (Å²) in [6.07, 6.45) is 0.913. The maximum atomic E-state index is 12.9. The van der Waals surface area contributed by atoms with Crippen LogP contribution in [0.2, 0.25) is 0 Å². The quantitative estimate of drug-likeness (QED) is 0.453. The van der Waals surface area contributed by atoms with Crippen LogP contribution in [-0.4, -0.2) is 20.0 Å². The van der Waals surface area contributed by atoms with Crippen LogP contribution >= 0.6 is 0 Å². The molecule has 0 unspecified atom stereocenters. The lowest BCUT2D eigenvalue weighted by atomic mass is 9.86. The van der Waals surface area contributed by atoms with Gasteiger partial charge in [0.15, 0.2) is 0 Å². The van der Waals surface area contributed by atoms with Crippen molar-refractivity contribution < 1.29 is 26.4 Å². The fraction of sp³-hybridized carbons (Fsp3) is 0.364. The van der Waals surface area contributed by atoms with E-state index < -0.39 is 27.7 Å². The van der Waals surface area contributed by atoms with E-state index in [1.165, 1.54) is 30.7 Å². The van der Waals surface area contributed by atoms with Gasteiger partial charge in [-0.25, -0.2) is 13.8 Å². The van der Waals surface area contributed by atoms with Gasteiger partial charge >= 0.3 is 6.18 Å². The summed E-state index contributed by atoms with van der Waals surface area (Å²) in [5, 5.41) is 4.16. The Morgan fingerprint density at radius 1 is 1.03 bits per heavy atom. The zero-order chi connectivity index (χ0) is 23.4. The molecule has 0 bridgehead atoms. The second-order valence-corrected chi connectivity index (χ2v) is 9.42. The predicted octanol–water partition coefficient (Wildman–Crippen LogP) is 5.19. The summed E-state index contributed by atoms with van der Waals surface area (Å²) in [5.74, 6) is -0.247. The molecule has 172 valence electrons. The highest BCUT2D eigenvalue weighted by Crippen LogP contribution is 2.31. The number of amides is 1. The Hall–Kier alpha value is -2.88. The molecule has 2 aromatic rings. The van der Waals surface area contributed by atoms with Gasteiger partial charge in [-0.15, -0.1) is 0 Å². The van der Waals surface area contributed by atoms with Crippen LogP contribution in [0.5, 0.6) is 0 Å². The number of halogens is 3. The third-order valence-corrected chi connectivity index (χ3v) is 6.76. The van der Waals surface area contributed by atoms with Crippen LogP contribution in [0.15, 0.2) is 58.5 Å². The second-order valence-electron chi connectivity index (χ2n) is 7.74. The smallest absolute Gasteiger partial charge is 0.280 e. The van der Waals surface area contributed by atoms with Gasteiger partial charge in [-0.2, -0.15) is 18.3 Å². The number of alkyl halides is 3. The molecule has 6 nitrogen and oxygen atoms in total. The molecule has 1 saturated carbocycles. The molecule has 10 heteroatoms. The SMILES string of the molecule is C/C(=N\NC(=O)c1cccc(S(=O)(=O)Nc2cccc(C(F)(F)F)c2)c1)C1CCCCC1. The van der Waals surface area contributed by atoms with Crippen LogP contribution in [0.4, 0.5) is 18.9 Å². The monoisotopic (exact) mass is 467 g/mol. The third kappa shape index (κ3) is 6.09. The molecular weight excluding hydrogens is 443 g/mol. The molecule has 1 aliphatic rings. The van der Waals surface area contributed by atoms with E-state index >= 15 is 0 Å². The number of hydrogen-bond acceptors (Lipinski definition) is 4. The Morgan fingerprint density at radius 2 is 1.72 bits per heavy atom. The summed E-state index contributed by atoms with van der Waals surface area (Å²) in [6, 6.07) is 9.09. The minimum absolute atomic E-state index is 0.0668. The second kappa shape index (κ2) is 9.72. The maximum Gasteiger partial charge on any atom is 0.416 e. The lowest BCUT2D eigenvalue weighted by molar-refractivity contribution is -0.137. The van der Waals surface area contributed by atoms with E-state index in [-0.39, 0.29) is 16.1 Å². The number of carbonyl (C=O) groups is 1. The largest absolute Gasteiger partial charge is 0.416 e. The van der Waals surface area contributed by atoms with Crippen molar-refractivity contribution in [1.29, 1.82) is 0 Å². The summed E-state index contributed by atoms with van der Waals surface area (Å²) in [4.78, 5) is 12.2. The van der Waals surface area contributed by atoms with E-state index in [0.29, 0.717) is 12.0 Å². The molecule has 0 aromatic heterocycles. The van der Waals surface area contributed by atoms with Gasteiger partial charge < -0.3 is 0 Å². The van der Waals surface area contributed by atoms with Gasteiger partial charge in [0.1, 0.15) is 0 Å². The lowest BCUT2D eigenvalue weighted by Crippen LogP contribution is -2.23. The first-order valence-electron chi connectivity index (χ1n) is 10.2. The van der Waals surface area contributed by atoms with Crippen molar-refractivity contribution in [3.8, 4) is 0 Å². The van der Waals surface area contributed by atoms with E-state index in [1.807, 2.05) is 6.92 Å². The van der Waals surface area contributed by atoms with Gasteiger partial charge in [-0.3, -0.25) is 9.52 Å². The molecule has 0 heterocycles. The van der Waals surface area contributed by atoms with Crippen LogP contribution in [0.25, 0.3) is 0 Å². The Kier molecular flexibility index (Phi) is 7.22. The van der Waals surface area contributed by atoms with Crippen molar-refractivity contribution in [1.82, 2.24) is 5.43 Å². The molecule has 0 radical (unpaired) electrons. The number of hydrogen-bond donors (Lipinski definition) is 2. The van der Waals surface area contributed by atoms with E-state index in [1.54, 1.807) is 0 Å². The summed E-state index contributed by atoms with van der Waals surface area (Å²) in [5.41, 5.74) is 2.14. The first-order chi connectivity index (χ1) is 15.1. The highest BCUT2D eigenvalue weighted by molar-refractivity contribution is 7.92. The minimum Gasteiger partial charge on any atom is -0.280 e. The number of nitrogens with one attached hydrogen (secondary N) is 2. The molecule has 32 heavy (non-hydrogen) atoms. The summed E-state index contributed by atoms with van der Waals surface area (Å²) >= 11 is 0. The highest BCUT2D eigenvalue weighted by atomic mass is 32.2. The zero-order valence-electron chi connectivity index (χ0n) is 17.4. The Balaban J connectivity index is 1.73. The van der Waals surface area contributed by atoms with E-state index in [0.717, 1.165) is 49.6 Å². The number of sulfonamides is 1. The van der Waals surface area contributed by atoms with Crippen LogP contribution in [0, 0.1) is 5.92 Å². The molecular formula is C22H24F3N3O3S. The minimum atomic E-state index is -4.60. The molecule has 1 amide bonds. The maximum absolute atomic E-state index is 12.9. The first kappa shape index (κ1) is 23.8. The number of hydrazone groups is 1. The van der Waals surface area contributed by atoms with Gasteiger partial charge in [0, 0.05) is 17.0 Å². The van der Waals surface area contributed by atoms with Crippen molar-refractivity contribution in [3.05, 3.63) is 59.7 Å². The molecule has 0 aliphatic heterocycles. The van der Waals surface area contributed by atoms with Gasteiger partial charge in [0.25, 0.3) is 15.9 Å². The summed E-state index contributed by atoms with van der Waals surface area (Å²) in [6.45, 7) is 1.86. The number of rotatable bonds is 6. The molecule has 2 N–H and O–H groups in total. The molecule has 0 saturated heterocycles. The molecule has 1 aliphatic carbocycles. The number of carbonyl (C=O) groups excluding carboxylic acids is 1. The van der Waals surface area contributed by atoms with Crippen molar-refractivity contribution >= 4 is 27.3 Å². The normalized spacial score (nSPS) is 15.9. The number of nitrogens with zero attached hydrogens (tertiary/aromatic N) is 1. The van der Waals surface area contributed by atoms with Crippen molar-refractivity contribution in [2.45, 2.75) is 50.1 Å². The molecule has 0 atom stereocenters. The predicted molar refractivity (Wildman–Crippen MR) is 116 cm³/mol. The first-order valence-corrected chi connectivity index (χ1v) is 11.7. The Bertz CT molecular complexity index is 1110. The zero-order valence-corrected chi connectivity index (χ0v) is 18.3. The summed E-state index contributed by atoms with van der Waals surface area (Å²) in [7, 11) is -4.21. The van der Waals surface area contributed by atoms with Crippen LogP contribution in [0.1, 0.15) is 54.9 Å². The molecule has 2 aromatic carbocycles. The van der Waals surface area contributed by atoms with E-state index in [2.05, 4.69) is 15.2 Å². The van der Waals surface area contributed by atoms with Gasteiger partial charge in [0.2, 0.25) is 0 Å². The van der Waals surface area contributed by atoms with Crippen molar-refractivity contribution in [2.24, 2.45) is 11.0 Å². The van der Waals surface area contributed by atoms with Crippen LogP contribution in [-0.2, 0) is 16.2 Å².